The summed E-state index contributed by atoms with van der Waals surface area (Å²) in [4.78, 5) is 16.0. The lowest BCUT2D eigenvalue weighted by atomic mass is 10.1. The van der Waals surface area contributed by atoms with Gasteiger partial charge in [0.05, 0.1) is 12.7 Å². The molecule has 4 aromatic rings. The molecule has 3 aromatic carbocycles. The zero-order valence-corrected chi connectivity index (χ0v) is 14.3. The molecule has 0 fully saturated rings. The van der Waals surface area contributed by atoms with Gasteiger partial charge in [0.2, 0.25) is 0 Å². The number of hydrogen-bond donors (Lipinski definition) is 2. The predicted molar refractivity (Wildman–Crippen MR) is 105 cm³/mol. The maximum atomic E-state index is 12.6. The minimum Gasteiger partial charge on any atom is -0.496 e. The summed E-state index contributed by atoms with van der Waals surface area (Å²) in [6, 6.07) is 25.2. The van der Waals surface area contributed by atoms with E-state index in [1.54, 1.807) is 19.2 Å². The van der Waals surface area contributed by atoms with E-state index in [-0.39, 0.29) is 5.91 Å². The fourth-order valence-corrected chi connectivity index (χ4v) is 3.01. The van der Waals surface area contributed by atoms with Crippen LogP contribution in [0.25, 0.3) is 22.2 Å². The maximum Gasteiger partial charge on any atom is 0.259 e. The van der Waals surface area contributed by atoms with Crippen LogP contribution in [0.3, 0.4) is 0 Å². The second-order valence-corrected chi connectivity index (χ2v) is 6.01. The van der Waals surface area contributed by atoms with E-state index in [1.807, 2.05) is 48.5 Å². The summed E-state index contributed by atoms with van der Waals surface area (Å²) in [5.74, 6) is 0.361. The van der Waals surface area contributed by atoms with Crippen LogP contribution in [-0.2, 0) is 0 Å². The van der Waals surface area contributed by atoms with Crippen molar-refractivity contribution in [2.24, 2.45) is 0 Å². The van der Waals surface area contributed by atoms with Crippen molar-refractivity contribution in [3.63, 3.8) is 0 Å². The van der Waals surface area contributed by atoms with E-state index in [9.17, 15) is 4.79 Å². The molecule has 128 valence electrons. The largest absolute Gasteiger partial charge is 0.496 e. The van der Waals surface area contributed by atoms with Crippen LogP contribution in [0.1, 0.15) is 10.4 Å². The number of H-pyrrole nitrogens is 1. The number of ether oxygens (including phenoxy) is 1. The van der Waals surface area contributed by atoms with Gasteiger partial charge in [0, 0.05) is 22.3 Å². The molecule has 0 radical (unpaired) electrons. The van der Waals surface area contributed by atoms with Crippen molar-refractivity contribution in [3.8, 4) is 17.0 Å². The third-order valence-electron chi connectivity index (χ3n) is 4.32. The fraction of sp³-hybridized carbons (Fsp3) is 0.0455. The number of carbonyl (C=O) groups is 1. The van der Waals surface area contributed by atoms with E-state index in [0.29, 0.717) is 11.3 Å². The van der Waals surface area contributed by atoms with Crippen molar-refractivity contribution >= 4 is 22.5 Å². The first-order valence-corrected chi connectivity index (χ1v) is 8.37. The third kappa shape index (κ3) is 3.05. The molecule has 4 nitrogen and oxygen atoms in total. The van der Waals surface area contributed by atoms with E-state index in [4.69, 9.17) is 4.74 Å². The summed E-state index contributed by atoms with van der Waals surface area (Å²) in [5.41, 5.74) is 4.46. The molecule has 0 saturated carbocycles. The molecule has 26 heavy (non-hydrogen) atoms. The van der Waals surface area contributed by atoms with Gasteiger partial charge in [0.15, 0.2) is 0 Å². The molecule has 0 saturated heterocycles. The molecule has 0 aliphatic carbocycles. The van der Waals surface area contributed by atoms with E-state index in [0.717, 1.165) is 27.8 Å². The monoisotopic (exact) mass is 342 g/mol. The summed E-state index contributed by atoms with van der Waals surface area (Å²) in [5, 5.41) is 3.98. The first-order valence-electron chi connectivity index (χ1n) is 8.37. The van der Waals surface area contributed by atoms with Crippen LogP contribution in [0.2, 0.25) is 0 Å². The molecular formula is C22H18N2O2. The highest BCUT2D eigenvalue weighted by Gasteiger charge is 2.12. The topological polar surface area (TPSA) is 54.1 Å². The molecule has 0 spiro atoms. The van der Waals surface area contributed by atoms with Gasteiger partial charge in [-0.1, -0.05) is 42.5 Å². The normalized spacial score (nSPS) is 10.7. The van der Waals surface area contributed by atoms with E-state index < -0.39 is 0 Å². The van der Waals surface area contributed by atoms with Gasteiger partial charge < -0.3 is 15.0 Å². The summed E-state index contributed by atoms with van der Waals surface area (Å²) in [6.07, 6.45) is 0. The van der Waals surface area contributed by atoms with Gasteiger partial charge in [0.1, 0.15) is 5.75 Å². The lowest BCUT2D eigenvalue weighted by Crippen LogP contribution is -2.12. The molecule has 0 atom stereocenters. The molecule has 0 bridgehead atoms. The van der Waals surface area contributed by atoms with Gasteiger partial charge in [-0.15, -0.1) is 0 Å². The number of anilines is 1. The number of benzene rings is 3. The van der Waals surface area contributed by atoms with Crippen LogP contribution in [0.15, 0.2) is 78.9 Å². The van der Waals surface area contributed by atoms with Crippen LogP contribution in [0, 0.1) is 0 Å². The standard InChI is InChI=1S/C22H18N2O2/c1-26-21-10-6-5-9-18(21)22(25)23-17-11-12-19-16(13-17)14-20(24-19)15-7-3-2-4-8-15/h2-14,24H,1H3,(H,23,25). The Kier molecular flexibility index (Phi) is 4.15. The van der Waals surface area contributed by atoms with Gasteiger partial charge in [-0.3, -0.25) is 4.79 Å². The second kappa shape index (κ2) is 6.76. The first kappa shape index (κ1) is 16.0. The average molecular weight is 342 g/mol. The van der Waals surface area contributed by atoms with Crippen LogP contribution in [0.4, 0.5) is 5.69 Å². The number of methoxy groups -OCH3 is 1. The summed E-state index contributed by atoms with van der Waals surface area (Å²) in [7, 11) is 1.56. The quantitative estimate of drug-likeness (QED) is 0.542. The molecule has 1 amide bonds. The highest BCUT2D eigenvalue weighted by Crippen LogP contribution is 2.27. The summed E-state index contributed by atoms with van der Waals surface area (Å²) >= 11 is 0. The van der Waals surface area contributed by atoms with Crippen molar-refractivity contribution in [1.29, 1.82) is 0 Å². The van der Waals surface area contributed by atoms with Crippen molar-refractivity contribution in [3.05, 3.63) is 84.4 Å². The Morgan fingerprint density at radius 1 is 0.923 bits per heavy atom. The Labute approximate surface area is 151 Å². The summed E-state index contributed by atoms with van der Waals surface area (Å²) < 4.78 is 5.26. The number of nitrogens with one attached hydrogen (secondary N) is 2. The Hall–Kier alpha value is -3.53. The fourth-order valence-electron chi connectivity index (χ4n) is 3.01. The predicted octanol–water partition coefficient (Wildman–Crippen LogP) is 5.10. The van der Waals surface area contributed by atoms with Crippen LogP contribution < -0.4 is 10.1 Å². The SMILES string of the molecule is COc1ccccc1C(=O)Nc1ccc2[nH]c(-c3ccccc3)cc2c1. The van der Waals surface area contributed by atoms with E-state index in [1.165, 1.54) is 0 Å². The number of amides is 1. The van der Waals surface area contributed by atoms with Crippen LogP contribution >= 0.6 is 0 Å². The Morgan fingerprint density at radius 3 is 2.50 bits per heavy atom. The van der Waals surface area contributed by atoms with E-state index >= 15 is 0 Å². The Bertz CT molecular complexity index is 1070. The molecule has 0 aliphatic rings. The minimum atomic E-state index is -0.194. The number of hydrogen-bond acceptors (Lipinski definition) is 2. The third-order valence-corrected chi connectivity index (χ3v) is 4.32. The molecule has 2 N–H and O–H groups in total. The molecule has 4 rings (SSSR count). The second-order valence-electron chi connectivity index (χ2n) is 6.01. The first-order chi connectivity index (χ1) is 12.7. The molecule has 4 heteroatoms. The Balaban J connectivity index is 1.62. The molecule has 1 heterocycles. The van der Waals surface area contributed by atoms with Crippen LogP contribution in [0.5, 0.6) is 5.75 Å². The van der Waals surface area contributed by atoms with Crippen LogP contribution in [-0.4, -0.2) is 18.0 Å². The smallest absolute Gasteiger partial charge is 0.259 e. The van der Waals surface area contributed by atoms with Crippen molar-refractivity contribution in [2.45, 2.75) is 0 Å². The van der Waals surface area contributed by atoms with Gasteiger partial charge in [-0.2, -0.15) is 0 Å². The molecule has 0 unspecified atom stereocenters. The van der Waals surface area contributed by atoms with Crippen molar-refractivity contribution < 1.29 is 9.53 Å². The lowest BCUT2D eigenvalue weighted by molar-refractivity contribution is 0.102. The number of para-hydroxylation sites is 1. The molecule has 0 aliphatic heterocycles. The number of fused-ring (bicyclic) bond motifs is 1. The average Bonchev–Trinajstić information content (AvgIpc) is 3.12. The Morgan fingerprint density at radius 2 is 1.69 bits per heavy atom. The minimum absolute atomic E-state index is 0.194. The molecular weight excluding hydrogens is 324 g/mol. The van der Waals surface area contributed by atoms with Gasteiger partial charge in [-0.05, 0) is 42.0 Å². The maximum absolute atomic E-state index is 12.6. The highest BCUT2D eigenvalue weighted by atomic mass is 16.5. The lowest BCUT2D eigenvalue weighted by Gasteiger charge is -2.09. The van der Waals surface area contributed by atoms with E-state index in [2.05, 4.69) is 28.5 Å². The number of aromatic amines is 1. The number of aromatic nitrogens is 1. The van der Waals surface area contributed by atoms with Gasteiger partial charge in [-0.25, -0.2) is 0 Å². The van der Waals surface area contributed by atoms with Crippen molar-refractivity contribution in [1.82, 2.24) is 4.98 Å². The number of carbonyl (C=O) groups excluding carboxylic acids is 1. The van der Waals surface area contributed by atoms with Crippen molar-refractivity contribution in [2.75, 3.05) is 12.4 Å². The summed E-state index contributed by atoms with van der Waals surface area (Å²) in [6.45, 7) is 0. The zero-order valence-electron chi connectivity index (χ0n) is 14.3. The molecule has 1 aromatic heterocycles. The van der Waals surface area contributed by atoms with Gasteiger partial charge in [0.25, 0.3) is 5.91 Å². The highest BCUT2D eigenvalue weighted by molar-refractivity contribution is 6.07. The zero-order chi connectivity index (χ0) is 17.9. The van der Waals surface area contributed by atoms with Gasteiger partial charge >= 0.3 is 0 Å². The number of rotatable bonds is 4.